The lowest BCUT2D eigenvalue weighted by atomic mass is 9.92. The van der Waals surface area contributed by atoms with Gasteiger partial charge in [-0.15, -0.1) is 0 Å². The van der Waals surface area contributed by atoms with Crippen LogP contribution in [0.4, 0.5) is 0 Å². The zero-order chi connectivity index (χ0) is 22.4. The second kappa shape index (κ2) is 11.0. The first-order chi connectivity index (χ1) is 14.9. The molecule has 2 atom stereocenters. The van der Waals surface area contributed by atoms with E-state index in [4.69, 9.17) is 4.74 Å². The van der Waals surface area contributed by atoms with E-state index in [-0.39, 0.29) is 23.6 Å². The van der Waals surface area contributed by atoms with E-state index in [0.29, 0.717) is 12.6 Å². The molecule has 6 nitrogen and oxygen atoms in total. The average molecular weight is 427 g/mol. The predicted octanol–water partition coefficient (Wildman–Crippen LogP) is 4.13. The Morgan fingerprint density at radius 1 is 1.29 bits per heavy atom. The van der Waals surface area contributed by atoms with Crippen molar-refractivity contribution in [2.24, 2.45) is 0 Å². The summed E-state index contributed by atoms with van der Waals surface area (Å²) in [5.74, 6) is -0.257. The van der Waals surface area contributed by atoms with Gasteiger partial charge in [0.05, 0.1) is 12.6 Å². The van der Waals surface area contributed by atoms with Gasteiger partial charge in [-0.05, 0) is 70.7 Å². The van der Waals surface area contributed by atoms with Crippen LogP contribution in [0, 0.1) is 25.2 Å². The lowest BCUT2D eigenvalue weighted by molar-refractivity contribution is -0.118. The Hall–Kier alpha value is -2.10. The van der Waals surface area contributed by atoms with Gasteiger partial charge in [-0.2, -0.15) is 5.26 Å². The first-order valence-corrected chi connectivity index (χ1v) is 11.8. The van der Waals surface area contributed by atoms with Crippen LogP contribution in [0.25, 0.3) is 6.08 Å². The number of rotatable bonds is 7. The largest absolute Gasteiger partial charge is 0.383 e. The normalized spacial score (nSPS) is 22.2. The summed E-state index contributed by atoms with van der Waals surface area (Å²) in [5.41, 5.74) is 3.24. The smallest absolute Gasteiger partial charge is 0.262 e. The van der Waals surface area contributed by atoms with Gasteiger partial charge in [-0.3, -0.25) is 9.69 Å². The molecule has 2 aliphatic rings. The van der Waals surface area contributed by atoms with Crippen molar-refractivity contribution in [2.75, 3.05) is 26.8 Å². The Labute approximate surface area is 187 Å². The molecule has 1 N–H and O–H groups in total. The number of hydrogen-bond acceptors (Lipinski definition) is 4. The van der Waals surface area contributed by atoms with Crippen LogP contribution in [0.15, 0.2) is 11.6 Å². The third kappa shape index (κ3) is 5.78. The molecule has 0 spiro atoms. The summed E-state index contributed by atoms with van der Waals surface area (Å²) in [6.45, 7) is 8.83. The molecular formula is C25H38N4O2. The van der Waals surface area contributed by atoms with Gasteiger partial charge in [-0.1, -0.05) is 19.3 Å². The molecule has 0 bridgehead atoms. The minimum absolute atomic E-state index is 0.120. The maximum Gasteiger partial charge on any atom is 0.262 e. The van der Waals surface area contributed by atoms with E-state index in [2.05, 4.69) is 27.8 Å². The Morgan fingerprint density at radius 2 is 2.03 bits per heavy atom. The number of ether oxygens (including phenoxy) is 1. The van der Waals surface area contributed by atoms with E-state index < -0.39 is 0 Å². The van der Waals surface area contributed by atoms with Crippen LogP contribution in [0.5, 0.6) is 0 Å². The number of aryl methyl sites for hydroxylation is 1. The van der Waals surface area contributed by atoms with Crippen molar-refractivity contribution in [1.82, 2.24) is 14.8 Å². The molecule has 6 heteroatoms. The van der Waals surface area contributed by atoms with E-state index in [1.165, 1.54) is 32.1 Å². The fraction of sp³-hybridized carbons (Fsp3) is 0.680. The first kappa shape index (κ1) is 23.6. The molecular weight excluding hydrogens is 388 g/mol. The Balaban J connectivity index is 1.68. The maximum atomic E-state index is 12.9. The van der Waals surface area contributed by atoms with Crippen LogP contribution >= 0.6 is 0 Å². The number of nitrogens with zero attached hydrogens (tertiary/aromatic N) is 3. The highest BCUT2D eigenvalue weighted by atomic mass is 16.5. The second-order valence-corrected chi connectivity index (χ2v) is 9.27. The fourth-order valence-corrected chi connectivity index (χ4v) is 5.41. The van der Waals surface area contributed by atoms with E-state index in [1.807, 2.05) is 19.9 Å². The SMILES string of the molecule is COCC(C)n1c(C)cc(/C=C(/C#N)C(=O)NC2CCCN(C3CCCCC3)C2)c1C. The molecule has 1 aromatic heterocycles. The summed E-state index contributed by atoms with van der Waals surface area (Å²) >= 11 is 0. The van der Waals surface area contributed by atoms with Gasteiger partial charge in [0.15, 0.2) is 0 Å². The summed E-state index contributed by atoms with van der Waals surface area (Å²) in [6.07, 6.45) is 10.4. The Morgan fingerprint density at radius 3 is 2.71 bits per heavy atom. The average Bonchev–Trinajstić information content (AvgIpc) is 3.05. The van der Waals surface area contributed by atoms with Crippen LogP contribution < -0.4 is 5.32 Å². The zero-order valence-corrected chi connectivity index (χ0v) is 19.6. The highest BCUT2D eigenvalue weighted by molar-refractivity contribution is 6.02. The van der Waals surface area contributed by atoms with Crippen molar-refractivity contribution < 1.29 is 9.53 Å². The van der Waals surface area contributed by atoms with Crippen molar-refractivity contribution in [3.8, 4) is 6.07 Å². The highest BCUT2D eigenvalue weighted by Crippen LogP contribution is 2.26. The van der Waals surface area contributed by atoms with Gasteiger partial charge < -0.3 is 14.6 Å². The van der Waals surface area contributed by atoms with Gasteiger partial charge in [-0.25, -0.2) is 0 Å². The van der Waals surface area contributed by atoms with Crippen LogP contribution in [0.1, 0.15) is 74.9 Å². The predicted molar refractivity (Wildman–Crippen MR) is 124 cm³/mol. The molecule has 1 saturated carbocycles. The van der Waals surface area contributed by atoms with Crippen molar-refractivity contribution in [3.05, 3.63) is 28.6 Å². The number of likely N-dealkylation sites (tertiary alicyclic amines) is 1. The first-order valence-electron chi connectivity index (χ1n) is 11.8. The quantitative estimate of drug-likeness (QED) is 0.526. The molecule has 1 amide bonds. The number of carbonyl (C=O) groups is 1. The number of piperidine rings is 1. The molecule has 3 rings (SSSR count). The van der Waals surface area contributed by atoms with Crippen molar-refractivity contribution in [2.45, 2.75) is 83.8 Å². The van der Waals surface area contributed by atoms with E-state index in [1.54, 1.807) is 13.2 Å². The molecule has 1 saturated heterocycles. The third-order valence-corrected chi connectivity index (χ3v) is 6.92. The molecule has 0 radical (unpaired) electrons. The van der Waals surface area contributed by atoms with Gasteiger partial charge in [0.2, 0.25) is 0 Å². The van der Waals surface area contributed by atoms with Crippen LogP contribution in [-0.2, 0) is 9.53 Å². The summed E-state index contributed by atoms with van der Waals surface area (Å²) < 4.78 is 7.50. The summed E-state index contributed by atoms with van der Waals surface area (Å²) in [5, 5.41) is 12.8. The van der Waals surface area contributed by atoms with Crippen molar-refractivity contribution >= 4 is 12.0 Å². The molecule has 2 fully saturated rings. The minimum Gasteiger partial charge on any atom is -0.383 e. The Kier molecular flexibility index (Phi) is 8.34. The molecule has 2 heterocycles. The molecule has 2 unspecified atom stereocenters. The van der Waals surface area contributed by atoms with E-state index in [9.17, 15) is 10.1 Å². The Bertz CT molecular complexity index is 829. The lowest BCUT2D eigenvalue weighted by Crippen LogP contribution is -2.51. The molecule has 170 valence electrons. The minimum atomic E-state index is -0.257. The fourth-order valence-electron chi connectivity index (χ4n) is 5.41. The van der Waals surface area contributed by atoms with Crippen LogP contribution in [0.2, 0.25) is 0 Å². The molecule has 1 aromatic rings. The summed E-state index contributed by atoms with van der Waals surface area (Å²) in [4.78, 5) is 15.5. The van der Waals surface area contributed by atoms with Gasteiger partial charge >= 0.3 is 0 Å². The molecule has 1 aliphatic heterocycles. The van der Waals surface area contributed by atoms with Gasteiger partial charge in [0.1, 0.15) is 11.6 Å². The highest BCUT2D eigenvalue weighted by Gasteiger charge is 2.28. The molecule has 0 aromatic carbocycles. The summed E-state index contributed by atoms with van der Waals surface area (Å²) in [7, 11) is 1.70. The zero-order valence-electron chi connectivity index (χ0n) is 19.6. The third-order valence-electron chi connectivity index (χ3n) is 6.92. The number of aromatic nitrogens is 1. The standard InChI is InChI=1S/C25H38N4O2/c1-18-13-21(20(3)29(18)19(2)17-31-4)14-22(15-26)25(30)27-23-9-8-12-28(16-23)24-10-6-5-7-11-24/h13-14,19,23-24H,5-12,16-17H2,1-4H3,(H,27,30)/b22-14-. The van der Waals surface area contributed by atoms with Crippen molar-refractivity contribution in [1.29, 1.82) is 5.26 Å². The van der Waals surface area contributed by atoms with E-state index in [0.717, 1.165) is 42.9 Å². The van der Waals surface area contributed by atoms with Gasteiger partial charge in [0.25, 0.3) is 5.91 Å². The molecule has 31 heavy (non-hydrogen) atoms. The number of hydrogen-bond donors (Lipinski definition) is 1. The monoisotopic (exact) mass is 426 g/mol. The van der Waals surface area contributed by atoms with E-state index >= 15 is 0 Å². The maximum absolute atomic E-state index is 12.9. The lowest BCUT2D eigenvalue weighted by Gasteiger charge is -2.40. The topological polar surface area (TPSA) is 70.3 Å². The number of methoxy groups -OCH3 is 1. The number of carbonyl (C=O) groups excluding carboxylic acids is 1. The number of nitriles is 1. The van der Waals surface area contributed by atoms with Crippen LogP contribution in [-0.4, -0.2) is 54.3 Å². The number of amides is 1. The van der Waals surface area contributed by atoms with Crippen molar-refractivity contribution in [3.63, 3.8) is 0 Å². The molecule has 1 aliphatic carbocycles. The van der Waals surface area contributed by atoms with Crippen LogP contribution in [0.3, 0.4) is 0 Å². The summed E-state index contributed by atoms with van der Waals surface area (Å²) in [6, 6.07) is 5.14. The second-order valence-electron chi connectivity index (χ2n) is 9.27. The number of nitrogens with one attached hydrogen (secondary N) is 1. The van der Waals surface area contributed by atoms with Gasteiger partial charge in [0, 0.05) is 37.1 Å².